The summed E-state index contributed by atoms with van der Waals surface area (Å²) in [6.45, 7) is 1.53. The van der Waals surface area contributed by atoms with Crippen molar-refractivity contribution in [2.24, 2.45) is 0 Å². The average molecular weight is 316 g/mol. The van der Waals surface area contributed by atoms with Crippen LogP contribution in [0.2, 0.25) is 5.02 Å². The molecule has 0 aliphatic heterocycles. The van der Waals surface area contributed by atoms with Crippen molar-refractivity contribution in [3.63, 3.8) is 0 Å². The molecule has 0 saturated heterocycles. The molecule has 2 rings (SSSR count). The van der Waals surface area contributed by atoms with Gasteiger partial charge in [0.15, 0.2) is 5.03 Å². The summed E-state index contributed by atoms with van der Waals surface area (Å²) in [6.07, 6.45) is 0. The van der Waals surface area contributed by atoms with Crippen LogP contribution in [0.15, 0.2) is 29.3 Å². The first-order chi connectivity index (χ1) is 8.84. The van der Waals surface area contributed by atoms with Crippen molar-refractivity contribution in [2.75, 3.05) is 0 Å². The largest absolute Gasteiger partial charge is 0.280 e. The third-order valence-corrected chi connectivity index (χ3v) is 3.93. The number of aromatic nitrogens is 2. The number of halogens is 2. The van der Waals surface area contributed by atoms with Crippen LogP contribution in [0.1, 0.15) is 11.3 Å². The van der Waals surface area contributed by atoms with Gasteiger partial charge in [0.2, 0.25) is 0 Å². The van der Waals surface area contributed by atoms with Crippen LogP contribution >= 0.6 is 22.3 Å². The molecule has 0 saturated carbocycles. The molecule has 0 fully saturated rings. The van der Waals surface area contributed by atoms with E-state index >= 15 is 0 Å². The number of aryl methyl sites for hydroxylation is 1. The highest BCUT2D eigenvalue weighted by molar-refractivity contribution is 8.13. The molecule has 1 heterocycles. The molecule has 0 aliphatic carbocycles. The number of nitrogens with zero attached hydrogens (tertiary/aromatic N) is 3. The van der Waals surface area contributed by atoms with E-state index in [9.17, 15) is 8.42 Å². The third kappa shape index (κ3) is 2.59. The maximum atomic E-state index is 11.6. The molecule has 0 atom stereocenters. The summed E-state index contributed by atoms with van der Waals surface area (Å²) in [4.78, 5) is 0. The van der Waals surface area contributed by atoms with Crippen LogP contribution in [0, 0.1) is 18.3 Å². The first-order valence-corrected chi connectivity index (χ1v) is 7.73. The molecular formula is C11H7Cl2N3O2S. The maximum Gasteiger partial charge on any atom is 0.280 e. The fourth-order valence-corrected chi connectivity index (χ4v) is 3.04. The van der Waals surface area contributed by atoms with Gasteiger partial charge in [-0.1, -0.05) is 17.7 Å². The quantitative estimate of drug-likeness (QED) is 0.798. The van der Waals surface area contributed by atoms with Gasteiger partial charge < -0.3 is 0 Å². The average Bonchev–Trinajstić information content (AvgIpc) is 2.66. The second-order valence-electron chi connectivity index (χ2n) is 3.71. The highest BCUT2D eigenvalue weighted by atomic mass is 35.7. The molecule has 98 valence electrons. The van der Waals surface area contributed by atoms with Gasteiger partial charge in [-0.15, -0.1) is 0 Å². The highest BCUT2D eigenvalue weighted by Crippen LogP contribution is 2.26. The summed E-state index contributed by atoms with van der Waals surface area (Å²) in [7, 11) is 1.27. The van der Waals surface area contributed by atoms with Gasteiger partial charge in [-0.3, -0.25) is 0 Å². The fourth-order valence-electron chi connectivity index (χ4n) is 1.64. The van der Waals surface area contributed by atoms with Crippen molar-refractivity contribution >= 4 is 31.3 Å². The zero-order valence-corrected chi connectivity index (χ0v) is 12.0. The van der Waals surface area contributed by atoms with Crippen LogP contribution in [-0.2, 0) is 9.05 Å². The van der Waals surface area contributed by atoms with Gasteiger partial charge in [0.1, 0.15) is 11.6 Å². The molecule has 1 aromatic heterocycles. The van der Waals surface area contributed by atoms with Crippen LogP contribution in [0.3, 0.4) is 0 Å². The first-order valence-electron chi connectivity index (χ1n) is 5.05. The number of nitriles is 1. The molecule has 0 radical (unpaired) electrons. The predicted octanol–water partition coefficient (Wildman–Crippen LogP) is 2.63. The lowest BCUT2D eigenvalue weighted by Gasteiger charge is -2.05. The molecular weight excluding hydrogens is 309 g/mol. The van der Waals surface area contributed by atoms with E-state index in [1.54, 1.807) is 24.3 Å². The Morgan fingerprint density at radius 2 is 2.11 bits per heavy atom. The Morgan fingerprint density at radius 3 is 2.63 bits per heavy atom. The SMILES string of the molecule is Cc1nn(-c2cccc(Cl)c2)c(S(=O)(=O)Cl)c1C#N. The molecule has 0 amide bonds. The van der Waals surface area contributed by atoms with Crippen molar-refractivity contribution in [2.45, 2.75) is 11.9 Å². The van der Waals surface area contributed by atoms with E-state index in [2.05, 4.69) is 5.10 Å². The van der Waals surface area contributed by atoms with Crippen molar-refractivity contribution in [3.8, 4) is 11.8 Å². The van der Waals surface area contributed by atoms with Gasteiger partial charge in [-0.05, 0) is 25.1 Å². The van der Waals surface area contributed by atoms with Crippen LogP contribution in [-0.4, -0.2) is 18.2 Å². The monoisotopic (exact) mass is 315 g/mol. The van der Waals surface area contributed by atoms with Crippen molar-refractivity contribution in [3.05, 3.63) is 40.5 Å². The first kappa shape index (κ1) is 13.9. The van der Waals surface area contributed by atoms with Crippen molar-refractivity contribution in [1.29, 1.82) is 5.26 Å². The van der Waals surface area contributed by atoms with Gasteiger partial charge in [0, 0.05) is 15.7 Å². The Morgan fingerprint density at radius 1 is 1.42 bits per heavy atom. The maximum absolute atomic E-state index is 11.6. The van der Waals surface area contributed by atoms with E-state index in [1.807, 2.05) is 0 Å². The summed E-state index contributed by atoms with van der Waals surface area (Å²) in [6, 6.07) is 8.22. The van der Waals surface area contributed by atoms with Gasteiger partial charge in [-0.2, -0.15) is 10.4 Å². The molecule has 0 spiro atoms. The van der Waals surface area contributed by atoms with Gasteiger partial charge >= 0.3 is 0 Å². The molecule has 1 aromatic carbocycles. The van der Waals surface area contributed by atoms with E-state index in [4.69, 9.17) is 27.5 Å². The van der Waals surface area contributed by atoms with Crippen molar-refractivity contribution < 1.29 is 8.42 Å². The summed E-state index contributed by atoms with van der Waals surface area (Å²) in [5, 5.41) is 13.1. The minimum Gasteiger partial charge on any atom is -0.219 e. The van der Waals surface area contributed by atoms with E-state index < -0.39 is 9.05 Å². The topological polar surface area (TPSA) is 75.8 Å². The number of benzene rings is 1. The third-order valence-electron chi connectivity index (χ3n) is 2.41. The Bertz CT molecular complexity index is 791. The van der Waals surface area contributed by atoms with Gasteiger partial charge in [-0.25, -0.2) is 13.1 Å². The minimum atomic E-state index is -4.11. The fraction of sp³-hybridized carbons (Fsp3) is 0.0909. The lowest BCUT2D eigenvalue weighted by molar-refractivity contribution is 0.599. The number of hydrogen-bond donors (Lipinski definition) is 0. The van der Waals surface area contributed by atoms with E-state index in [1.165, 1.54) is 13.0 Å². The zero-order valence-electron chi connectivity index (χ0n) is 9.63. The van der Waals surface area contributed by atoms with E-state index in [-0.39, 0.29) is 16.3 Å². The summed E-state index contributed by atoms with van der Waals surface area (Å²) in [5.41, 5.74) is 0.619. The molecule has 5 nitrogen and oxygen atoms in total. The Hall–Kier alpha value is -1.55. The second kappa shape index (κ2) is 4.85. The second-order valence-corrected chi connectivity index (χ2v) is 6.62. The predicted molar refractivity (Wildman–Crippen MR) is 71.1 cm³/mol. The molecule has 2 aromatic rings. The highest BCUT2D eigenvalue weighted by Gasteiger charge is 2.26. The lowest BCUT2D eigenvalue weighted by atomic mass is 10.3. The van der Waals surface area contributed by atoms with Crippen LogP contribution in [0.25, 0.3) is 5.69 Å². The molecule has 8 heteroatoms. The Kier molecular flexibility index (Phi) is 3.54. The van der Waals surface area contributed by atoms with E-state index in [0.29, 0.717) is 10.7 Å². The Labute approximate surface area is 119 Å². The van der Waals surface area contributed by atoms with Gasteiger partial charge in [0.25, 0.3) is 9.05 Å². The zero-order chi connectivity index (χ0) is 14.2. The van der Waals surface area contributed by atoms with Gasteiger partial charge in [0.05, 0.1) is 11.4 Å². The smallest absolute Gasteiger partial charge is 0.219 e. The Balaban J connectivity index is 2.83. The molecule has 0 N–H and O–H groups in total. The van der Waals surface area contributed by atoms with E-state index in [0.717, 1.165) is 4.68 Å². The normalized spacial score (nSPS) is 11.3. The molecule has 19 heavy (non-hydrogen) atoms. The lowest BCUT2D eigenvalue weighted by Crippen LogP contribution is -2.05. The molecule has 0 bridgehead atoms. The summed E-state index contributed by atoms with van der Waals surface area (Å²) in [5.74, 6) is 0. The summed E-state index contributed by atoms with van der Waals surface area (Å²) >= 11 is 5.85. The van der Waals surface area contributed by atoms with Crippen molar-refractivity contribution in [1.82, 2.24) is 9.78 Å². The van der Waals surface area contributed by atoms with Crippen LogP contribution in [0.5, 0.6) is 0 Å². The number of hydrogen-bond acceptors (Lipinski definition) is 4. The minimum absolute atomic E-state index is 0.0741. The summed E-state index contributed by atoms with van der Waals surface area (Å²) < 4.78 is 24.4. The molecule has 0 unspecified atom stereocenters. The standard InChI is InChI=1S/C11H7Cl2N3O2S/c1-7-10(6-14)11(19(13,17)18)16(15-7)9-4-2-3-8(12)5-9/h2-5H,1H3. The molecule has 0 aliphatic rings. The number of rotatable bonds is 2. The van der Waals surface area contributed by atoms with Crippen LogP contribution < -0.4 is 0 Å². The van der Waals surface area contributed by atoms with Crippen LogP contribution in [0.4, 0.5) is 0 Å².